The van der Waals surface area contributed by atoms with Crippen molar-refractivity contribution < 1.29 is 0 Å². The maximum atomic E-state index is 3.78. The third-order valence-electron chi connectivity index (χ3n) is 4.38. The van der Waals surface area contributed by atoms with E-state index in [9.17, 15) is 0 Å². The summed E-state index contributed by atoms with van der Waals surface area (Å²) in [4.78, 5) is 2.41. The van der Waals surface area contributed by atoms with E-state index in [1.54, 1.807) is 0 Å². The Morgan fingerprint density at radius 1 is 0.938 bits per heavy atom. The molecular formula is C13H27N3. The number of hydrogen-bond acceptors (Lipinski definition) is 3. The topological polar surface area (TPSA) is 18.5 Å². The number of rotatable bonds is 2. The summed E-state index contributed by atoms with van der Waals surface area (Å²) in [7, 11) is 2.21. The molecule has 0 radical (unpaired) electrons. The fourth-order valence-corrected chi connectivity index (χ4v) is 3.08. The number of hydrazine groups is 1. The van der Waals surface area contributed by atoms with Gasteiger partial charge < -0.3 is 4.90 Å². The molecular weight excluding hydrogens is 198 g/mol. The van der Waals surface area contributed by atoms with Gasteiger partial charge in [0.2, 0.25) is 0 Å². The Kier molecular flexibility index (Phi) is 4.22. The van der Waals surface area contributed by atoms with Crippen molar-refractivity contribution in [2.75, 3.05) is 33.2 Å². The molecule has 3 heteroatoms. The van der Waals surface area contributed by atoms with Crippen molar-refractivity contribution in [3.63, 3.8) is 0 Å². The minimum atomic E-state index is 0.706. The van der Waals surface area contributed by atoms with Gasteiger partial charge in [0, 0.05) is 32.2 Å². The SMILES string of the molecule is CC1CCCC(C)C1NN1CCN(C)CC1. The Labute approximate surface area is 100 Å². The predicted molar refractivity (Wildman–Crippen MR) is 68.2 cm³/mol. The summed E-state index contributed by atoms with van der Waals surface area (Å²) >= 11 is 0. The molecule has 0 spiro atoms. The maximum Gasteiger partial charge on any atom is 0.0266 e. The molecule has 2 unspecified atom stereocenters. The quantitative estimate of drug-likeness (QED) is 0.769. The molecule has 0 aromatic carbocycles. The monoisotopic (exact) mass is 225 g/mol. The molecule has 94 valence electrons. The highest BCUT2D eigenvalue weighted by atomic mass is 15.5. The summed E-state index contributed by atoms with van der Waals surface area (Å²) in [5.41, 5.74) is 3.78. The summed E-state index contributed by atoms with van der Waals surface area (Å²) in [5.74, 6) is 1.67. The molecule has 1 saturated carbocycles. The Hall–Kier alpha value is -0.120. The zero-order valence-electron chi connectivity index (χ0n) is 11.1. The predicted octanol–water partition coefficient (Wildman–Crippen LogP) is 1.56. The van der Waals surface area contributed by atoms with Gasteiger partial charge in [-0.2, -0.15) is 0 Å². The van der Waals surface area contributed by atoms with Crippen LogP contribution in [0.5, 0.6) is 0 Å². The van der Waals surface area contributed by atoms with Crippen LogP contribution in [0.3, 0.4) is 0 Å². The largest absolute Gasteiger partial charge is 0.304 e. The van der Waals surface area contributed by atoms with Gasteiger partial charge in [0.05, 0.1) is 0 Å². The second kappa shape index (κ2) is 5.48. The van der Waals surface area contributed by atoms with Crippen LogP contribution >= 0.6 is 0 Å². The van der Waals surface area contributed by atoms with E-state index < -0.39 is 0 Å². The number of nitrogens with zero attached hydrogens (tertiary/aromatic N) is 2. The van der Waals surface area contributed by atoms with Crippen molar-refractivity contribution in [3.8, 4) is 0 Å². The number of piperazine rings is 1. The van der Waals surface area contributed by atoms with Crippen molar-refractivity contribution in [3.05, 3.63) is 0 Å². The molecule has 0 amide bonds. The molecule has 1 N–H and O–H groups in total. The lowest BCUT2D eigenvalue weighted by Gasteiger charge is -2.41. The maximum absolute atomic E-state index is 3.78. The van der Waals surface area contributed by atoms with Gasteiger partial charge in [-0.05, 0) is 31.7 Å². The number of likely N-dealkylation sites (N-methyl/N-ethyl adjacent to an activating group) is 1. The normalized spacial score (nSPS) is 38.8. The molecule has 0 bridgehead atoms. The molecule has 16 heavy (non-hydrogen) atoms. The van der Waals surface area contributed by atoms with Gasteiger partial charge in [0.25, 0.3) is 0 Å². The van der Waals surface area contributed by atoms with Gasteiger partial charge in [-0.15, -0.1) is 0 Å². The summed E-state index contributed by atoms with van der Waals surface area (Å²) in [6, 6.07) is 0.706. The average molecular weight is 225 g/mol. The van der Waals surface area contributed by atoms with E-state index in [1.165, 1.54) is 45.4 Å². The molecule has 2 aliphatic rings. The Morgan fingerprint density at radius 3 is 2.06 bits per heavy atom. The van der Waals surface area contributed by atoms with Gasteiger partial charge in [-0.25, -0.2) is 5.01 Å². The van der Waals surface area contributed by atoms with E-state index in [4.69, 9.17) is 0 Å². The van der Waals surface area contributed by atoms with E-state index in [1.807, 2.05) is 0 Å². The number of hydrogen-bond donors (Lipinski definition) is 1. The molecule has 2 atom stereocenters. The van der Waals surface area contributed by atoms with Crippen molar-refractivity contribution in [1.82, 2.24) is 15.3 Å². The molecule has 1 saturated heterocycles. The van der Waals surface area contributed by atoms with Gasteiger partial charge in [0.1, 0.15) is 0 Å². The van der Waals surface area contributed by atoms with E-state index in [0.717, 1.165) is 11.8 Å². The molecule has 2 fully saturated rings. The molecule has 1 heterocycles. The van der Waals surface area contributed by atoms with E-state index in [2.05, 4.69) is 36.2 Å². The number of nitrogens with one attached hydrogen (secondary N) is 1. The van der Waals surface area contributed by atoms with Crippen molar-refractivity contribution >= 4 is 0 Å². The molecule has 0 aromatic heterocycles. The van der Waals surface area contributed by atoms with Gasteiger partial charge in [-0.3, -0.25) is 5.43 Å². The summed E-state index contributed by atoms with van der Waals surface area (Å²) < 4.78 is 0. The van der Waals surface area contributed by atoms with Crippen LogP contribution in [0, 0.1) is 11.8 Å². The third kappa shape index (κ3) is 2.96. The van der Waals surface area contributed by atoms with Crippen molar-refractivity contribution in [1.29, 1.82) is 0 Å². The molecule has 0 aromatic rings. The smallest absolute Gasteiger partial charge is 0.0266 e. The minimum absolute atomic E-state index is 0.706. The highest BCUT2D eigenvalue weighted by molar-refractivity contribution is 4.83. The van der Waals surface area contributed by atoms with Crippen molar-refractivity contribution in [2.24, 2.45) is 11.8 Å². The first-order valence-electron chi connectivity index (χ1n) is 6.86. The first-order chi connectivity index (χ1) is 7.66. The lowest BCUT2D eigenvalue weighted by atomic mass is 9.79. The van der Waals surface area contributed by atoms with Crippen LogP contribution in [0.2, 0.25) is 0 Å². The molecule has 2 rings (SSSR count). The van der Waals surface area contributed by atoms with Crippen LogP contribution in [-0.4, -0.2) is 49.2 Å². The van der Waals surface area contributed by atoms with Crippen LogP contribution in [0.25, 0.3) is 0 Å². The fourth-order valence-electron chi connectivity index (χ4n) is 3.08. The van der Waals surface area contributed by atoms with Crippen LogP contribution in [-0.2, 0) is 0 Å². The second-order valence-corrected chi connectivity index (χ2v) is 5.83. The van der Waals surface area contributed by atoms with Crippen LogP contribution < -0.4 is 5.43 Å². The molecule has 1 aliphatic heterocycles. The first-order valence-corrected chi connectivity index (χ1v) is 6.86. The van der Waals surface area contributed by atoms with Crippen molar-refractivity contribution in [2.45, 2.75) is 39.2 Å². The van der Waals surface area contributed by atoms with Crippen LogP contribution in [0.15, 0.2) is 0 Å². The van der Waals surface area contributed by atoms with E-state index in [-0.39, 0.29) is 0 Å². The summed E-state index contributed by atoms with van der Waals surface area (Å²) in [6.07, 6.45) is 4.22. The third-order valence-corrected chi connectivity index (χ3v) is 4.38. The zero-order chi connectivity index (χ0) is 11.5. The van der Waals surface area contributed by atoms with E-state index in [0.29, 0.717) is 6.04 Å². The Bertz CT molecular complexity index is 201. The lowest BCUT2D eigenvalue weighted by Crippen LogP contribution is -2.57. The molecule has 1 aliphatic carbocycles. The zero-order valence-corrected chi connectivity index (χ0v) is 11.1. The van der Waals surface area contributed by atoms with E-state index >= 15 is 0 Å². The Balaban J connectivity index is 1.83. The average Bonchev–Trinajstić information content (AvgIpc) is 2.26. The lowest BCUT2D eigenvalue weighted by molar-refractivity contribution is 0.0470. The van der Waals surface area contributed by atoms with Gasteiger partial charge in [0.15, 0.2) is 0 Å². The summed E-state index contributed by atoms with van der Waals surface area (Å²) in [6.45, 7) is 9.55. The standard InChI is InChI=1S/C13H27N3/c1-11-5-4-6-12(2)13(11)14-16-9-7-15(3)8-10-16/h11-14H,4-10H2,1-3H3. The first kappa shape index (κ1) is 12.3. The Morgan fingerprint density at radius 2 is 1.50 bits per heavy atom. The highest BCUT2D eigenvalue weighted by Gasteiger charge is 2.29. The fraction of sp³-hybridized carbons (Fsp3) is 1.00. The molecule has 3 nitrogen and oxygen atoms in total. The van der Waals surface area contributed by atoms with Crippen LogP contribution in [0.4, 0.5) is 0 Å². The van der Waals surface area contributed by atoms with Crippen LogP contribution in [0.1, 0.15) is 33.1 Å². The minimum Gasteiger partial charge on any atom is -0.304 e. The van der Waals surface area contributed by atoms with Gasteiger partial charge in [-0.1, -0.05) is 20.3 Å². The van der Waals surface area contributed by atoms with Gasteiger partial charge >= 0.3 is 0 Å². The summed E-state index contributed by atoms with van der Waals surface area (Å²) in [5, 5.41) is 2.45. The second-order valence-electron chi connectivity index (χ2n) is 5.83. The highest BCUT2D eigenvalue weighted by Crippen LogP contribution is 2.29.